The Balaban J connectivity index is 1.81. The predicted octanol–water partition coefficient (Wildman–Crippen LogP) is -0.557. The Hall–Kier alpha value is -1.45. The van der Waals surface area contributed by atoms with Crippen LogP contribution in [0.4, 0.5) is 0 Å². The van der Waals surface area contributed by atoms with Crippen LogP contribution < -0.4 is 0 Å². The normalized spacial score (nSPS) is 22.0. The summed E-state index contributed by atoms with van der Waals surface area (Å²) in [7, 11) is -0.450. The van der Waals surface area contributed by atoms with E-state index in [2.05, 4.69) is 10.2 Å². The number of sulfonamides is 1. The Bertz CT molecular complexity index is 615. The number of hydrogen-bond acceptors (Lipinski definition) is 5. The van der Waals surface area contributed by atoms with E-state index in [1.165, 1.54) is 14.1 Å². The van der Waals surface area contributed by atoms with Crippen molar-refractivity contribution in [3.05, 3.63) is 18.0 Å². The van der Waals surface area contributed by atoms with Gasteiger partial charge in [-0.15, -0.1) is 0 Å². The lowest BCUT2D eigenvalue weighted by molar-refractivity contribution is -0.130. The maximum atomic E-state index is 12.2. The van der Waals surface area contributed by atoms with E-state index in [4.69, 9.17) is 0 Å². The van der Waals surface area contributed by atoms with Gasteiger partial charge in [0.15, 0.2) is 0 Å². The van der Waals surface area contributed by atoms with E-state index in [9.17, 15) is 18.3 Å². The summed E-state index contributed by atoms with van der Waals surface area (Å²) in [4.78, 5) is 13.8. The van der Waals surface area contributed by atoms with Crippen LogP contribution in [0.15, 0.2) is 12.4 Å². The van der Waals surface area contributed by atoms with Crippen LogP contribution in [0.25, 0.3) is 0 Å². The number of nitrogens with one attached hydrogen (secondary N) is 1. The number of β-amino-alcohol motifs (C(OH)–C–C–N with tert-alkyl or cyclic N) is 1. The van der Waals surface area contributed by atoms with E-state index in [0.29, 0.717) is 19.4 Å². The lowest BCUT2D eigenvalue weighted by Gasteiger charge is -2.18. The number of H-pyrrole nitrogens is 1. The fourth-order valence-corrected chi connectivity index (χ4v) is 3.82. The number of amides is 1. The minimum Gasteiger partial charge on any atom is -0.391 e. The van der Waals surface area contributed by atoms with Crippen molar-refractivity contribution in [2.24, 2.45) is 5.92 Å². The first kappa shape index (κ1) is 17.9. The highest BCUT2D eigenvalue weighted by Gasteiger charge is 2.37. The molecule has 2 rings (SSSR count). The molecular formula is C14H24N4O4S. The lowest BCUT2D eigenvalue weighted by atomic mass is 10.1. The molecule has 0 bridgehead atoms. The van der Waals surface area contributed by atoms with E-state index in [1.54, 1.807) is 17.3 Å². The predicted molar refractivity (Wildman–Crippen MR) is 85.1 cm³/mol. The molecule has 2 atom stereocenters. The molecule has 0 saturated carbocycles. The fraction of sp³-hybridized carbons (Fsp3) is 0.714. The first-order valence-corrected chi connectivity index (χ1v) is 9.24. The van der Waals surface area contributed by atoms with Gasteiger partial charge in [-0.3, -0.25) is 9.89 Å². The van der Waals surface area contributed by atoms with Crippen LogP contribution >= 0.6 is 0 Å². The quantitative estimate of drug-likeness (QED) is 0.690. The zero-order valence-electron chi connectivity index (χ0n) is 13.5. The topological polar surface area (TPSA) is 107 Å². The molecule has 1 aliphatic heterocycles. The van der Waals surface area contributed by atoms with Crippen molar-refractivity contribution in [3.63, 3.8) is 0 Å². The first-order chi connectivity index (χ1) is 10.8. The Morgan fingerprint density at radius 1 is 1.48 bits per heavy atom. The zero-order chi connectivity index (χ0) is 17.0. The van der Waals surface area contributed by atoms with Crippen LogP contribution in [0.3, 0.4) is 0 Å². The van der Waals surface area contributed by atoms with Crippen molar-refractivity contribution in [2.75, 3.05) is 32.9 Å². The van der Waals surface area contributed by atoms with Gasteiger partial charge in [0.05, 0.1) is 18.1 Å². The number of carbonyl (C=O) groups is 1. The largest absolute Gasteiger partial charge is 0.391 e. The molecule has 0 spiro atoms. The third kappa shape index (κ3) is 4.76. The SMILES string of the molecule is CN(C)S(=O)(=O)C[C@@H]1CN(C(=O)CCCc2cn[nH]c2)C[C@@H]1O. The Kier molecular flexibility index (Phi) is 5.77. The summed E-state index contributed by atoms with van der Waals surface area (Å²) in [6.45, 7) is 0.497. The molecule has 1 fully saturated rings. The standard InChI is InChI=1S/C14H24N4O4S/c1-17(2)23(21,22)10-12-8-18(9-13(12)19)14(20)5-3-4-11-6-15-16-7-11/h6-7,12-13,19H,3-5,8-10H2,1-2H3,(H,15,16)/t12-,13-/m0/s1. The van der Waals surface area contributed by atoms with Gasteiger partial charge < -0.3 is 10.0 Å². The Morgan fingerprint density at radius 2 is 2.22 bits per heavy atom. The summed E-state index contributed by atoms with van der Waals surface area (Å²) in [5, 5.41) is 16.6. The molecule has 1 aromatic heterocycles. The third-order valence-electron chi connectivity index (χ3n) is 4.15. The Labute approximate surface area is 136 Å². The number of likely N-dealkylation sites (tertiary alicyclic amines) is 1. The van der Waals surface area contributed by atoms with Crippen LogP contribution in [0.2, 0.25) is 0 Å². The zero-order valence-corrected chi connectivity index (χ0v) is 14.3. The molecule has 0 aliphatic carbocycles. The minimum absolute atomic E-state index is 0.0442. The van der Waals surface area contributed by atoms with E-state index in [1.807, 2.05) is 0 Å². The van der Waals surface area contributed by atoms with E-state index >= 15 is 0 Å². The number of hydrogen-bond donors (Lipinski definition) is 2. The van der Waals surface area contributed by atoms with Crippen molar-refractivity contribution >= 4 is 15.9 Å². The van der Waals surface area contributed by atoms with Crippen LogP contribution in [0.1, 0.15) is 18.4 Å². The van der Waals surface area contributed by atoms with Crippen LogP contribution in [0, 0.1) is 5.92 Å². The highest BCUT2D eigenvalue weighted by molar-refractivity contribution is 7.89. The number of aromatic nitrogens is 2. The number of rotatable bonds is 7. The highest BCUT2D eigenvalue weighted by Crippen LogP contribution is 2.21. The molecule has 8 nitrogen and oxygen atoms in total. The van der Waals surface area contributed by atoms with E-state index in [-0.39, 0.29) is 18.2 Å². The highest BCUT2D eigenvalue weighted by atomic mass is 32.2. The number of aliphatic hydroxyl groups is 1. The molecule has 2 heterocycles. The summed E-state index contributed by atoms with van der Waals surface area (Å²) in [6.07, 6.45) is 4.58. The van der Waals surface area contributed by atoms with Crippen molar-refractivity contribution in [3.8, 4) is 0 Å². The molecule has 0 radical (unpaired) electrons. The second kappa shape index (κ2) is 7.41. The molecule has 1 aliphatic rings. The van der Waals surface area contributed by atoms with Gasteiger partial charge in [-0.05, 0) is 18.4 Å². The van der Waals surface area contributed by atoms with Crippen LogP contribution in [-0.4, -0.2) is 77.9 Å². The Morgan fingerprint density at radius 3 is 2.83 bits per heavy atom. The molecule has 1 saturated heterocycles. The molecule has 1 amide bonds. The summed E-state index contributed by atoms with van der Waals surface area (Å²) < 4.78 is 25.0. The van der Waals surface area contributed by atoms with Crippen molar-refractivity contribution in [2.45, 2.75) is 25.4 Å². The van der Waals surface area contributed by atoms with Gasteiger partial charge in [0.1, 0.15) is 0 Å². The van der Waals surface area contributed by atoms with Gasteiger partial charge in [0.2, 0.25) is 15.9 Å². The average molecular weight is 344 g/mol. The summed E-state index contributed by atoms with van der Waals surface area (Å²) in [5.74, 6) is -0.613. The number of carbonyl (C=O) groups excluding carboxylic acids is 1. The van der Waals surface area contributed by atoms with Crippen LogP contribution in [-0.2, 0) is 21.2 Å². The molecule has 0 unspecified atom stereocenters. The van der Waals surface area contributed by atoms with Gasteiger partial charge in [0, 0.05) is 45.7 Å². The van der Waals surface area contributed by atoms with E-state index in [0.717, 1.165) is 16.3 Å². The molecule has 9 heteroatoms. The third-order valence-corrected chi connectivity index (χ3v) is 6.11. The van der Waals surface area contributed by atoms with Crippen molar-refractivity contribution in [1.82, 2.24) is 19.4 Å². The number of nitrogens with zero attached hydrogens (tertiary/aromatic N) is 3. The van der Waals surface area contributed by atoms with Crippen molar-refractivity contribution in [1.29, 1.82) is 0 Å². The van der Waals surface area contributed by atoms with Gasteiger partial charge >= 0.3 is 0 Å². The molecular weight excluding hydrogens is 320 g/mol. The molecule has 0 aromatic carbocycles. The van der Waals surface area contributed by atoms with Gasteiger partial charge in [-0.2, -0.15) is 5.10 Å². The summed E-state index contributed by atoms with van der Waals surface area (Å²) >= 11 is 0. The second-order valence-corrected chi connectivity index (χ2v) is 8.37. The number of aliphatic hydroxyl groups excluding tert-OH is 1. The van der Waals surface area contributed by atoms with Crippen molar-refractivity contribution < 1.29 is 18.3 Å². The maximum absolute atomic E-state index is 12.2. The van der Waals surface area contributed by atoms with E-state index < -0.39 is 22.0 Å². The molecule has 130 valence electrons. The van der Waals surface area contributed by atoms with Gasteiger partial charge in [0.25, 0.3) is 0 Å². The molecule has 1 aromatic rings. The van der Waals surface area contributed by atoms with Gasteiger partial charge in [-0.1, -0.05) is 0 Å². The lowest BCUT2D eigenvalue weighted by Crippen LogP contribution is -2.33. The summed E-state index contributed by atoms with van der Waals surface area (Å²) in [6, 6.07) is 0. The maximum Gasteiger partial charge on any atom is 0.222 e. The first-order valence-electron chi connectivity index (χ1n) is 7.63. The second-order valence-electron chi connectivity index (χ2n) is 6.15. The van der Waals surface area contributed by atoms with Crippen LogP contribution in [0.5, 0.6) is 0 Å². The number of aryl methyl sites for hydroxylation is 1. The minimum atomic E-state index is -3.39. The summed E-state index contributed by atoms with van der Waals surface area (Å²) in [5.41, 5.74) is 1.05. The molecule has 2 N–H and O–H groups in total. The van der Waals surface area contributed by atoms with Gasteiger partial charge in [-0.25, -0.2) is 12.7 Å². The average Bonchev–Trinajstić information content (AvgIpc) is 3.09. The smallest absolute Gasteiger partial charge is 0.222 e. The fourth-order valence-electron chi connectivity index (χ4n) is 2.66. The monoisotopic (exact) mass is 344 g/mol. The number of aromatic amines is 1. The molecule has 23 heavy (non-hydrogen) atoms.